The highest BCUT2D eigenvalue weighted by Gasteiger charge is 2.35. The molecular formula is C19H17ClN4O6S3. The van der Waals surface area contributed by atoms with Crippen LogP contribution in [-0.2, 0) is 24.8 Å². The molecular weight excluding hydrogens is 512 g/mol. The van der Waals surface area contributed by atoms with Crippen molar-refractivity contribution in [1.29, 1.82) is 0 Å². The van der Waals surface area contributed by atoms with Gasteiger partial charge in [-0.2, -0.15) is 0 Å². The molecule has 4 rings (SSSR count). The number of carbonyl (C=O) groups is 1. The van der Waals surface area contributed by atoms with Gasteiger partial charge in [0.25, 0.3) is 15.9 Å². The summed E-state index contributed by atoms with van der Waals surface area (Å²) in [6, 6.07) is 9.95. The smallest absolute Gasteiger partial charge is 0.267 e. The minimum atomic E-state index is -3.83. The molecule has 1 atom stereocenters. The molecule has 14 heteroatoms. The van der Waals surface area contributed by atoms with Gasteiger partial charge in [0.2, 0.25) is 10.0 Å². The van der Waals surface area contributed by atoms with Crippen LogP contribution in [0.4, 0.5) is 16.5 Å². The molecule has 0 saturated heterocycles. The zero-order valence-electron chi connectivity index (χ0n) is 16.9. The monoisotopic (exact) mass is 528 g/mol. The van der Waals surface area contributed by atoms with Gasteiger partial charge in [0.15, 0.2) is 11.2 Å². The number of thiazole rings is 1. The van der Waals surface area contributed by atoms with Crippen molar-refractivity contribution in [3.63, 3.8) is 0 Å². The predicted octanol–water partition coefficient (Wildman–Crippen LogP) is 2.76. The third kappa shape index (κ3) is 5.21. The number of nitrogens with zero attached hydrogens (tertiary/aromatic N) is 2. The number of hydrogen-bond acceptors (Lipinski definition) is 8. The maximum absolute atomic E-state index is 12.8. The fourth-order valence-corrected chi connectivity index (χ4v) is 5.92. The number of sulfonamides is 2. The zero-order valence-corrected chi connectivity index (χ0v) is 20.1. The summed E-state index contributed by atoms with van der Waals surface area (Å²) in [4.78, 5) is 16.7. The SMILES string of the molecule is CS(=O)(=O)N1C[C@H](C(=O)Nc2ccc(S(=O)(=O)Nc3nccs3)cc2)Oc2ccc(Cl)cc21. The van der Waals surface area contributed by atoms with Crippen molar-refractivity contribution < 1.29 is 26.4 Å². The van der Waals surface area contributed by atoms with Gasteiger partial charge in [0.05, 0.1) is 23.4 Å². The number of hydrogen-bond donors (Lipinski definition) is 2. The van der Waals surface area contributed by atoms with Crippen LogP contribution in [0.15, 0.2) is 58.9 Å². The van der Waals surface area contributed by atoms with E-state index in [1.807, 2.05) is 0 Å². The summed E-state index contributed by atoms with van der Waals surface area (Å²) in [5.41, 5.74) is 0.556. The molecule has 0 unspecified atom stereocenters. The molecule has 1 aliphatic heterocycles. The van der Waals surface area contributed by atoms with Crippen molar-refractivity contribution in [3.05, 3.63) is 59.1 Å². The highest BCUT2D eigenvalue weighted by molar-refractivity contribution is 7.93. The fraction of sp³-hybridized carbons (Fsp3) is 0.158. The molecule has 10 nitrogen and oxygen atoms in total. The number of anilines is 3. The van der Waals surface area contributed by atoms with Crippen molar-refractivity contribution in [2.24, 2.45) is 0 Å². The van der Waals surface area contributed by atoms with Crippen LogP contribution in [0.5, 0.6) is 5.75 Å². The standard InChI is InChI=1S/C19H17ClN4O6S3/c1-32(26,27)24-11-17(30-16-7-2-12(20)10-15(16)24)18(25)22-13-3-5-14(6-4-13)33(28,29)23-19-21-8-9-31-19/h2-10,17H,11H2,1H3,(H,21,23)(H,22,25)/t17-/m1/s1. The van der Waals surface area contributed by atoms with Gasteiger partial charge >= 0.3 is 0 Å². The highest BCUT2D eigenvalue weighted by atomic mass is 35.5. The first-order valence-electron chi connectivity index (χ1n) is 9.30. The Morgan fingerprint density at radius 2 is 1.91 bits per heavy atom. The third-order valence-corrected chi connectivity index (χ3v) is 8.12. The molecule has 0 fully saturated rings. The summed E-state index contributed by atoms with van der Waals surface area (Å²) in [5, 5.41) is 4.82. The Morgan fingerprint density at radius 3 is 2.55 bits per heavy atom. The second-order valence-corrected chi connectivity index (χ2v) is 11.9. The van der Waals surface area contributed by atoms with Crippen LogP contribution in [-0.4, -0.2) is 46.6 Å². The molecule has 2 aromatic carbocycles. The van der Waals surface area contributed by atoms with Crippen LogP contribution >= 0.6 is 22.9 Å². The maximum atomic E-state index is 12.8. The first-order chi connectivity index (χ1) is 15.5. The Labute approximate surface area is 199 Å². The quantitative estimate of drug-likeness (QED) is 0.502. The molecule has 2 heterocycles. The van der Waals surface area contributed by atoms with E-state index in [1.54, 1.807) is 5.38 Å². The number of amides is 1. The number of benzene rings is 2. The minimum Gasteiger partial charge on any atom is -0.476 e. The molecule has 0 radical (unpaired) electrons. The average molecular weight is 529 g/mol. The molecule has 1 aromatic heterocycles. The van der Waals surface area contributed by atoms with E-state index in [1.165, 1.54) is 48.7 Å². The van der Waals surface area contributed by atoms with E-state index >= 15 is 0 Å². The Bertz CT molecular complexity index is 1390. The Kier molecular flexibility index (Phi) is 6.22. The summed E-state index contributed by atoms with van der Waals surface area (Å²) in [6.07, 6.45) is 1.37. The van der Waals surface area contributed by atoms with E-state index in [4.69, 9.17) is 16.3 Å². The highest BCUT2D eigenvalue weighted by Crippen LogP contribution is 2.37. The summed E-state index contributed by atoms with van der Waals surface area (Å²) < 4.78 is 58.5. The van der Waals surface area contributed by atoms with Crippen LogP contribution < -0.4 is 19.1 Å². The van der Waals surface area contributed by atoms with Crippen molar-refractivity contribution in [1.82, 2.24) is 4.98 Å². The van der Waals surface area contributed by atoms with Crippen LogP contribution in [0.25, 0.3) is 0 Å². The molecule has 1 amide bonds. The molecule has 1 aliphatic rings. The van der Waals surface area contributed by atoms with E-state index in [2.05, 4.69) is 15.0 Å². The maximum Gasteiger partial charge on any atom is 0.267 e. The molecule has 174 valence electrons. The van der Waals surface area contributed by atoms with Crippen molar-refractivity contribution in [2.75, 3.05) is 27.1 Å². The number of halogens is 1. The molecule has 0 aliphatic carbocycles. The van der Waals surface area contributed by atoms with Gasteiger partial charge in [-0.15, -0.1) is 11.3 Å². The number of rotatable bonds is 6. The first kappa shape index (κ1) is 23.3. The van der Waals surface area contributed by atoms with Crippen molar-refractivity contribution in [2.45, 2.75) is 11.0 Å². The molecule has 2 N–H and O–H groups in total. The molecule has 33 heavy (non-hydrogen) atoms. The Hall–Kier alpha value is -2.87. The van der Waals surface area contributed by atoms with E-state index in [0.717, 1.165) is 21.9 Å². The number of carbonyl (C=O) groups excluding carboxylic acids is 1. The van der Waals surface area contributed by atoms with E-state index in [9.17, 15) is 21.6 Å². The number of aromatic nitrogens is 1. The van der Waals surface area contributed by atoms with Gasteiger partial charge in [-0.25, -0.2) is 21.8 Å². The second-order valence-electron chi connectivity index (χ2n) is 6.97. The van der Waals surface area contributed by atoms with Crippen molar-refractivity contribution >= 4 is 65.4 Å². The van der Waals surface area contributed by atoms with E-state index in [-0.39, 0.29) is 28.0 Å². The number of fused-ring (bicyclic) bond motifs is 1. The van der Waals surface area contributed by atoms with Gasteiger partial charge in [-0.1, -0.05) is 11.6 Å². The largest absolute Gasteiger partial charge is 0.476 e. The summed E-state index contributed by atoms with van der Waals surface area (Å²) in [7, 11) is -7.54. The number of ether oxygens (including phenoxy) is 1. The lowest BCUT2D eigenvalue weighted by Gasteiger charge is -2.34. The molecule has 3 aromatic rings. The van der Waals surface area contributed by atoms with Crippen molar-refractivity contribution in [3.8, 4) is 5.75 Å². The summed E-state index contributed by atoms with van der Waals surface area (Å²) in [6.45, 7) is -0.248. The third-order valence-electron chi connectivity index (χ3n) is 4.57. The predicted molar refractivity (Wildman–Crippen MR) is 126 cm³/mol. The van der Waals surface area contributed by atoms with Gasteiger partial charge in [-0.3, -0.25) is 13.8 Å². The zero-order chi connectivity index (χ0) is 23.8. The Balaban J connectivity index is 1.50. The van der Waals surface area contributed by atoms with Gasteiger partial charge in [0.1, 0.15) is 5.75 Å². The second kappa shape index (κ2) is 8.82. The minimum absolute atomic E-state index is 0.0151. The summed E-state index contributed by atoms with van der Waals surface area (Å²) in [5.74, 6) is -0.397. The Morgan fingerprint density at radius 1 is 1.18 bits per heavy atom. The average Bonchev–Trinajstić information content (AvgIpc) is 3.25. The topological polar surface area (TPSA) is 135 Å². The lowest BCUT2D eigenvalue weighted by molar-refractivity contribution is -0.122. The van der Waals surface area contributed by atoms with Crippen LogP contribution in [0.1, 0.15) is 0 Å². The van der Waals surface area contributed by atoms with Crippen LogP contribution in [0.2, 0.25) is 5.02 Å². The van der Waals surface area contributed by atoms with E-state index in [0.29, 0.717) is 10.7 Å². The van der Waals surface area contributed by atoms with Gasteiger partial charge < -0.3 is 10.1 Å². The first-order valence-corrected chi connectivity index (χ1v) is 13.9. The molecule has 0 saturated carbocycles. The molecule has 0 bridgehead atoms. The lowest BCUT2D eigenvalue weighted by atomic mass is 10.2. The molecule has 0 spiro atoms. The normalized spacial score (nSPS) is 15.9. The lowest BCUT2D eigenvalue weighted by Crippen LogP contribution is -2.48. The van der Waals surface area contributed by atoms with Gasteiger partial charge in [0, 0.05) is 22.3 Å². The van der Waals surface area contributed by atoms with Crippen LogP contribution in [0, 0.1) is 0 Å². The number of nitrogens with one attached hydrogen (secondary N) is 2. The van der Waals surface area contributed by atoms with Crippen LogP contribution in [0.3, 0.4) is 0 Å². The summed E-state index contributed by atoms with van der Waals surface area (Å²) >= 11 is 7.12. The van der Waals surface area contributed by atoms with Gasteiger partial charge in [-0.05, 0) is 42.5 Å². The fourth-order valence-electron chi connectivity index (χ4n) is 3.06. The van der Waals surface area contributed by atoms with E-state index < -0.39 is 32.1 Å².